The number of hydrogen-bond acceptors (Lipinski definition) is 5. The molecule has 0 spiro atoms. The van der Waals surface area contributed by atoms with Crippen molar-refractivity contribution in [1.29, 1.82) is 0 Å². The van der Waals surface area contributed by atoms with E-state index >= 15 is 0 Å². The van der Waals surface area contributed by atoms with Gasteiger partial charge in [0.15, 0.2) is 0 Å². The quantitative estimate of drug-likeness (QED) is 0.696. The molecule has 0 bridgehead atoms. The third-order valence-corrected chi connectivity index (χ3v) is 3.51. The Morgan fingerprint density at radius 2 is 1.57 bits per heavy atom. The molecule has 2 aromatic rings. The molecule has 0 heterocycles. The first-order valence-corrected chi connectivity index (χ1v) is 7.64. The lowest BCUT2D eigenvalue weighted by atomic mass is 10.2. The van der Waals surface area contributed by atoms with Gasteiger partial charge in [0.1, 0.15) is 5.75 Å². The zero-order valence-electron chi connectivity index (χ0n) is 13.7. The second-order valence-corrected chi connectivity index (χ2v) is 5.07. The molecule has 0 radical (unpaired) electrons. The summed E-state index contributed by atoms with van der Waals surface area (Å²) < 4.78 is 10.3. The van der Waals surface area contributed by atoms with Gasteiger partial charge in [-0.1, -0.05) is 24.3 Å². The largest absolute Gasteiger partial charge is 0.506 e. The number of hydrogen-bond donors (Lipinski definition) is 2. The fraction of sp³-hybridized carbons (Fsp3) is 0.333. The first-order chi connectivity index (χ1) is 11.3. The highest BCUT2D eigenvalue weighted by atomic mass is 16.5. The molecule has 0 fully saturated rings. The van der Waals surface area contributed by atoms with Crippen LogP contribution in [0.5, 0.6) is 5.75 Å². The minimum Gasteiger partial charge on any atom is -0.506 e. The molecule has 2 rings (SSSR count). The van der Waals surface area contributed by atoms with Crippen LogP contribution in [0.15, 0.2) is 48.5 Å². The molecule has 23 heavy (non-hydrogen) atoms. The Balaban J connectivity index is 2.34. The summed E-state index contributed by atoms with van der Waals surface area (Å²) in [6.07, 6.45) is 0. The number of aromatic hydroxyl groups is 1. The van der Waals surface area contributed by atoms with Crippen molar-refractivity contribution in [2.24, 2.45) is 0 Å². The lowest BCUT2D eigenvalue weighted by Gasteiger charge is -2.28. The second kappa shape index (κ2) is 9.02. The van der Waals surface area contributed by atoms with Crippen LogP contribution in [0, 0.1) is 0 Å². The molecular formula is C18H24N2O3. The van der Waals surface area contributed by atoms with Crippen molar-refractivity contribution in [3.63, 3.8) is 0 Å². The molecule has 0 unspecified atom stereocenters. The fourth-order valence-corrected chi connectivity index (χ4v) is 2.39. The number of nitrogens with zero attached hydrogens (tertiary/aromatic N) is 1. The van der Waals surface area contributed by atoms with Crippen molar-refractivity contribution in [1.82, 2.24) is 0 Å². The van der Waals surface area contributed by atoms with Gasteiger partial charge < -0.3 is 24.8 Å². The number of rotatable bonds is 9. The number of phenolic OH excluding ortho intramolecular Hbond substituents is 1. The summed E-state index contributed by atoms with van der Waals surface area (Å²) in [6, 6.07) is 15.3. The maximum atomic E-state index is 10.2. The first-order valence-electron chi connectivity index (χ1n) is 7.64. The van der Waals surface area contributed by atoms with E-state index in [1.807, 2.05) is 47.4 Å². The molecule has 0 aromatic heterocycles. The smallest absolute Gasteiger partial charge is 0.139 e. The van der Waals surface area contributed by atoms with E-state index in [4.69, 9.17) is 9.47 Å². The number of anilines is 3. The molecule has 0 aliphatic rings. The number of benzene rings is 2. The summed E-state index contributed by atoms with van der Waals surface area (Å²) in [4.78, 5) is 2.05. The van der Waals surface area contributed by atoms with E-state index in [2.05, 4.69) is 5.32 Å². The Kier molecular flexibility index (Phi) is 6.72. The third kappa shape index (κ3) is 4.61. The van der Waals surface area contributed by atoms with Crippen LogP contribution in [-0.2, 0) is 9.47 Å². The van der Waals surface area contributed by atoms with E-state index < -0.39 is 0 Å². The summed E-state index contributed by atoms with van der Waals surface area (Å²) in [5.74, 6) is 0.246. The zero-order valence-corrected chi connectivity index (χ0v) is 13.7. The van der Waals surface area contributed by atoms with Crippen molar-refractivity contribution in [2.45, 2.75) is 0 Å². The van der Waals surface area contributed by atoms with Crippen molar-refractivity contribution < 1.29 is 14.6 Å². The van der Waals surface area contributed by atoms with Gasteiger partial charge in [-0.15, -0.1) is 0 Å². The molecule has 0 amide bonds. The minimum absolute atomic E-state index is 0.246. The maximum Gasteiger partial charge on any atom is 0.139 e. The minimum atomic E-state index is 0.246. The number of phenols is 1. The zero-order chi connectivity index (χ0) is 16.5. The topological polar surface area (TPSA) is 54.0 Å². The van der Waals surface area contributed by atoms with Crippen LogP contribution >= 0.6 is 0 Å². The summed E-state index contributed by atoms with van der Waals surface area (Å²) >= 11 is 0. The van der Waals surface area contributed by atoms with Crippen LogP contribution in [0.4, 0.5) is 17.1 Å². The fourth-order valence-electron chi connectivity index (χ4n) is 2.39. The van der Waals surface area contributed by atoms with Gasteiger partial charge in [0, 0.05) is 27.3 Å². The Bertz CT molecular complexity index is 604. The van der Waals surface area contributed by atoms with Crippen molar-refractivity contribution >= 4 is 17.1 Å². The highest BCUT2D eigenvalue weighted by molar-refractivity contribution is 5.78. The molecule has 5 heteroatoms. The summed E-state index contributed by atoms with van der Waals surface area (Å²) in [6.45, 7) is 2.53. The Morgan fingerprint density at radius 3 is 2.26 bits per heavy atom. The van der Waals surface area contributed by atoms with Crippen LogP contribution in [0.3, 0.4) is 0 Å². The van der Waals surface area contributed by atoms with Gasteiger partial charge >= 0.3 is 0 Å². The van der Waals surface area contributed by atoms with E-state index in [1.54, 1.807) is 20.3 Å². The lowest BCUT2D eigenvalue weighted by Crippen LogP contribution is -2.23. The maximum absolute atomic E-state index is 10.2. The molecule has 0 saturated carbocycles. The van der Waals surface area contributed by atoms with Crippen molar-refractivity contribution in [3.05, 3.63) is 48.5 Å². The molecule has 124 valence electrons. The molecular weight excluding hydrogens is 292 g/mol. The van der Waals surface area contributed by atoms with Gasteiger partial charge in [-0.2, -0.15) is 0 Å². The van der Waals surface area contributed by atoms with Gasteiger partial charge in [-0.25, -0.2) is 0 Å². The van der Waals surface area contributed by atoms with Crippen LogP contribution in [0.1, 0.15) is 0 Å². The third-order valence-electron chi connectivity index (χ3n) is 3.51. The van der Waals surface area contributed by atoms with Gasteiger partial charge in [0.25, 0.3) is 0 Å². The average Bonchev–Trinajstić information content (AvgIpc) is 2.58. The van der Waals surface area contributed by atoms with Crippen LogP contribution < -0.4 is 10.2 Å². The van der Waals surface area contributed by atoms with Crippen LogP contribution in [0.25, 0.3) is 0 Å². The Hall–Kier alpha value is -2.24. The highest BCUT2D eigenvalue weighted by Crippen LogP contribution is 2.36. The van der Waals surface area contributed by atoms with Gasteiger partial charge in [-0.05, 0) is 24.3 Å². The van der Waals surface area contributed by atoms with E-state index in [0.717, 1.165) is 17.1 Å². The normalized spacial score (nSPS) is 10.5. The Morgan fingerprint density at radius 1 is 0.913 bits per heavy atom. The van der Waals surface area contributed by atoms with Crippen molar-refractivity contribution in [2.75, 3.05) is 50.7 Å². The second-order valence-electron chi connectivity index (χ2n) is 5.07. The molecule has 0 aliphatic carbocycles. The van der Waals surface area contributed by atoms with Gasteiger partial charge in [-0.3, -0.25) is 0 Å². The number of para-hydroxylation sites is 4. The van der Waals surface area contributed by atoms with E-state index in [1.165, 1.54) is 0 Å². The Labute approximate surface area is 137 Å². The average molecular weight is 316 g/mol. The standard InChI is InChI=1S/C18H24N2O3/c1-22-13-11-19-15-7-3-4-8-16(15)20(12-14-23-2)17-9-5-6-10-18(17)21/h3-10,19,21H,11-14H2,1-2H3. The number of nitrogens with one attached hydrogen (secondary N) is 1. The van der Waals surface area contributed by atoms with Crippen molar-refractivity contribution in [3.8, 4) is 5.75 Å². The molecule has 2 aromatic carbocycles. The predicted octanol–water partition coefficient (Wildman–Crippen LogP) is 3.24. The van der Waals surface area contributed by atoms with Gasteiger partial charge in [0.05, 0.1) is 30.3 Å². The SMILES string of the molecule is COCCNc1ccccc1N(CCOC)c1ccccc1O. The molecule has 0 aliphatic heterocycles. The summed E-state index contributed by atoms with van der Waals surface area (Å²) in [5.41, 5.74) is 2.73. The van der Waals surface area contributed by atoms with E-state index in [9.17, 15) is 5.11 Å². The highest BCUT2D eigenvalue weighted by Gasteiger charge is 2.15. The number of ether oxygens (including phenoxy) is 2. The molecule has 0 saturated heterocycles. The predicted molar refractivity (Wildman–Crippen MR) is 93.8 cm³/mol. The van der Waals surface area contributed by atoms with E-state index in [-0.39, 0.29) is 5.75 Å². The van der Waals surface area contributed by atoms with Gasteiger partial charge in [0.2, 0.25) is 0 Å². The summed E-state index contributed by atoms with van der Waals surface area (Å²) in [5, 5.41) is 13.6. The summed E-state index contributed by atoms with van der Waals surface area (Å²) in [7, 11) is 3.35. The first kappa shape index (κ1) is 17.1. The molecule has 0 atom stereocenters. The monoisotopic (exact) mass is 316 g/mol. The molecule has 5 nitrogen and oxygen atoms in total. The number of methoxy groups -OCH3 is 2. The molecule has 2 N–H and O–H groups in total. The van der Waals surface area contributed by atoms with E-state index in [0.29, 0.717) is 26.3 Å². The van der Waals surface area contributed by atoms with Crippen LogP contribution in [0.2, 0.25) is 0 Å². The lowest BCUT2D eigenvalue weighted by molar-refractivity contribution is 0.207. The van der Waals surface area contributed by atoms with Crippen LogP contribution in [-0.4, -0.2) is 45.6 Å².